The first-order chi connectivity index (χ1) is 5.77. The third-order valence-electron chi connectivity index (χ3n) is 1.98. The molecule has 0 amide bonds. The van der Waals surface area contributed by atoms with Crippen molar-refractivity contribution >= 4 is 11.6 Å². The molecular formula is C10H13ClO. The highest BCUT2D eigenvalue weighted by Gasteiger charge is 2.02. The summed E-state index contributed by atoms with van der Waals surface area (Å²) in [6, 6.07) is 8.01. The summed E-state index contributed by atoms with van der Waals surface area (Å²) >= 11 is 5.64. The van der Waals surface area contributed by atoms with E-state index in [4.69, 9.17) is 16.7 Å². The third-order valence-corrected chi connectivity index (χ3v) is 2.29. The molecule has 0 aliphatic rings. The van der Waals surface area contributed by atoms with Crippen LogP contribution in [0.25, 0.3) is 0 Å². The molecule has 0 aromatic heterocycles. The second-order valence-corrected chi connectivity index (χ2v) is 3.23. The fourth-order valence-corrected chi connectivity index (χ4v) is 1.22. The monoisotopic (exact) mass is 184 g/mol. The molecule has 1 aromatic rings. The Bertz CT molecular complexity index is 230. The Morgan fingerprint density at radius 1 is 1.33 bits per heavy atom. The van der Waals surface area contributed by atoms with Gasteiger partial charge in [-0.05, 0) is 11.1 Å². The van der Waals surface area contributed by atoms with E-state index in [0.29, 0.717) is 5.88 Å². The first-order valence-corrected chi connectivity index (χ1v) is 4.57. The van der Waals surface area contributed by atoms with Gasteiger partial charge in [-0.1, -0.05) is 31.2 Å². The quantitative estimate of drug-likeness (QED) is 0.716. The van der Waals surface area contributed by atoms with Gasteiger partial charge >= 0.3 is 0 Å². The molecule has 1 unspecified atom stereocenters. The summed E-state index contributed by atoms with van der Waals surface area (Å²) in [5, 5.41) is 8.89. The summed E-state index contributed by atoms with van der Waals surface area (Å²) in [6.45, 7) is 2.19. The van der Waals surface area contributed by atoms with E-state index < -0.39 is 0 Å². The zero-order chi connectivity index (χ0) is 8.97. The number of aliphatic hydroxyl groups excluding tert-OH is 1. The van der Waals surface area contributed by atoms with Crippen molar-refractivity contribution in [3.8, 4) is 0 Å². The molecule has 1 rings (SSSR count). The number of hydrogen-bond donors (Lipinski definition) is 1. The molecule has 1 atom stereocenters. The molecule has 1 nitrogen and oxygen atoms in total. The predicted octanol–water partition coefficient (Wildman–Crippen LogP) is 2.52. The molecule has 0 aliphatic carbocycles. The topological polar surface area (TPSA) is 20.2 Å². The van der Waals surface area contributed by atoms with E-state index in [1.165, 1.54) is 0 Å². The van der Waals surface area contributed by atoms with Gasteiger partial charge in [0.15, 0.2) is 0 Å². The number of benzene rings is 1. The molecule has 0 spiro atoms. The van der Waals surface area contributed by atoms with Crippen LogP contribution in [0.3, 0.4) is 0 Å². The molecule has 0 saturated carbocycles. The number of aliphatic hydroxyl groups is 1. The van der Waals surface area contributed by atoms with Gasteiger partial charge < -0.3 is 5.11 Å². The Kier molecular flexibility index (Phi) is 3.57. The van der Waals surface area contributed by atoms with E-state index in [1.807, 2.05) is 31.2 Å². The first-order valence-electron chi connectivity index (χ1n) is 4.03. The van der Waals surface area contributed by atoms with Crippen LogP contribution in [0.15, 0.2) is 24.3 Å². The highest BCUT2D eigenvalue weighted by Crippen LogP contribution is 2.15. The van der Waals surface area contributed by atoms with Gasteiger partial charge in [-0.2, -0.15) is 0 Å². The van der Waals surface area contributed by atoms with E-state index in [0.717, 1.165) is 11.1 Å². The van der Waals surface area contributed by atoms with Crippen molar-refractivity contribution in [1.82, 2.24) is 0 Å². The highest BCUT2D eigenvalue weighted by atomic mass is 35.5. The minimum Gasteiger partial charge on any atom is -0.396 e. The zero-order valence-electron chi connectivity index (χ0n) is 7.13. The molecule has 0 saturated heterocycles. The summed E-state index contributed by atoms with van der Waals surface area (Å²) in [5.41, 5.74) is 2.27. The lowest BCUT2D eigenvalue weighted by Gasteiger charge is -2.07. The van der Waals surface area contributed by atoms with E-state index in [-0.39, 0.29) is 12.5 Å². The molecule has 0 heterocycles. The van der Waals surface area contributed by atoms with Crippen molar-refractivity contribution < 1.29 is 5.11 Å². The van der Waals surface area contributed by atoms with Crippen molar-refractivity contribution in [3.05, 3.63) is 35.4 Å². The van der Waals surface area contributed by atoms with E-state index in [1.54, 1.807) is 0 Å². The van der Waals surface area contributed by atoms with Crippen molar-refractivity contribution in [2.45, 2.75) is 18.7 Å². The fraction of sp³-hybridized carbons (Fsp3) is 0.400. The van der Waals surface area contributed by atoms with Crippen molar-refractivity contribution in [1.29, 1.82) is 0 Å². The molecule has 0 aliphatic heterocycles. The third kappa shape index (κ3) is 2.23. The summed E-state index contributed by atoms with van der Waals surface area (Å²) in [5.74, 6) is 0.766. The molecule has 0 fully saturated rings. The molecule has 12 heavy (non-hydrogen) atoms. The second kappa shape index (κ2) is 4.48. The van der Waals surface area contributed by atoms with Gasteiger partial charge in [-0.15, -0.1) is 11.6 Å². The largest absolute Gasteiger partial charge is 0.396 e. The van der Waals surface area contributed by atoms with E-state index >= 15 is 0 Å². The van der Waals surface area contributed by atoms with Gasteiger partial charge in [0.1, 0.15) is 0 Å². The van der Waals surface area contributed by atoms with Crippen LogP contribution >= 0.6 is 11.6 Å². The molecule has 2 heteroatoms. The van der Waals surface area contributed by atoms with Crippen LogP contribution in [0.2, 0.25) is 0 Å². The van der Waals surface area contributed by atoms with Crippen LogP contribution in [0.5, 0.6) is 0 Å². The van der Waals surface area contributed by atoms with E-state index in [9.17, 15) is 0 Å². The van der Waals surface area contributed by atoms with Crippen LogP contribution in [-0.2, 0) is 5.88 Å². The van der Waals surface area contributed by atoms with E-state index in [2.05, 4.69) is 0 Å². The highest BCUT2D eigenvalue weighted by molar-refractivity contribution is 6.17. The van der Waals surface area contributed by atoms with Crippen molar-refractivity contribution in [2.75, 3.05) is 6.61 Å². The van der Waals surface area contributed by atoms with Crippen molar-refractivity contribution in [3.63, 3.8) is 0 Å². The Morgan fingerprint density at radius 3 is 2.33 bits per heavy atom. The SMILES string of the molecule is CC(CO)c1ccc(CCl)cc1. The minimum atomic E-state index is 0.195. The first kappa shape index (κ1) is 9.56. The second-order valence-electron chi connectivity index (χ2n) is 2.96. The van der Waals surface area contributed by atoms with Crippen LogP contribution in [-0.4, -0.2) is 11.7 Å². The summed E-state index contributed by atoms with van der Waals surface area (Å²) in [4.78, 5) is 0. The molecule has 1 aromatic carbocycles. The van der Waals surface area contributed by atoms with Gasteiger partial charge in [0.2, 0.25) is 0 Å². The van der Waals surface area contributed by atoms with Crippen LogP contribution in [0, 0.1) is 0 Å². The Morgan fingerprint density at radius 2 is 1.92 bits per heavy atom. The maximum atomic E-state index is 8.89. The molecule has 1 N–H and O–H groups in total. The van der Waals surface area contributed by atoms with Gasteiger partial charge in [0.05, 0.1) is 0 Å². The molecule has 0 radical (unpaired) electrons. The Balaban J connectivity index is 2.77. The smallest absolute Gasteiger partial charge is 0.0497 e. The average Bonchev–Trinajstić information content (AvgIpc) is 2.17. The molecule has 0 bridgehead atoms. The van der Waals surface area contributed by atoms with Crippen molar-refractivity contribution in [2.24, 2.45) is 0 Å². The summed E-state index contributed by atoms with van der Waals surface area (Å²) in [7, 11) is 0. The predicted molar refractivity (Wildman–Crippen MR) is 51.5 cm³/mol. The maximum Gasteiger partial charge on any atom is 0.0497 e. The number of alkyl halides is 1. The molecular weight excluding hydrogens is 172 g/mol. The zero-order valence-corrected chi connectivity index (χ0v) is 7.88. The van der Waals surface area contributed by atoms with Crippen LogP contribution in [0.1, 0.15) is 24.0 Å². The van der Waals surface area contributed by atoms with Gasteiger partial charge in [0.25, 0.3) is 0 Å². The van der Waals surface area contributed by atoms with Crippen LogP contribution < -0.4 is 0 Å². The van der Waals surface area contributed by atoms with Gasteiger partial charge in [0, 0.05) is 18.4 Å². The molecule has 66 valence electrons. The lowest BCUT2D eigenvalue weighted by molar-refractivity contribution is 0.273. The minimum absolute atomic E-state index is 0.195. The summed E-state index contributed by atoms with van der Waals surface area (Å²) in [6.07, 6.45) is 0. The lowest BCUT2D eigenvalue weighted by Crippen LogP contribution is -1.98. The van der Waals surface area contributed by atoms with Crippen LogP contribution in [0.4, 0.5) is 0 Å². The number of hydrogen-bond acceptors (Lipinski definition) is 1. The standard InChI is InChI=1S/C10H13ClO/c1-8(7-12)10-4-2-9(6-11)3-5-10/h2-5,8,12H,6-7H2,1H3. The Hall–Kier alpha value is -0.530. The lowest BCUT2D eigenvalue weighted by atomic mass is 10.0. The van der Waals surface area contributed by atoms with Gasteiger partial charge in [-0.25, -0.2) is 0 Å². The normalized spacial score (nSPS) is 12.9. The number of rotatable bonds is 3. The number of halogens is 1. The summed E-state index contributed by atoms with van der Waals surface area (Å²) < 4.78 is 0. The fourth-order valence-electron chi connectivity index (χ4n) is 1.04. The average molecular weight is 185 g/mol. The Labute approximate surface area is 78.0 Å². The van der Waals surface area contributed by atoms with Gasteiger partial charge in [-0.3, -0.25) is 0 Å². The maximum absolute atomic E-state index is 8.89.